The molecule has 1 aliphatic carbocycles. The minimum atomic E-state index is -4.51. The number of amides is 3. The molecule has 2 N–H and O–H groups in total. The molecule has 6 rings (SSSR count). The summed E-state index contributed by atoms with van der Waals surface area (Å²) in [6, 6.07) is 9.71. The molecule has 3 heterocycles. The van der Waals surface area contributed by atoms with Gasteiger partial charge >= 0.3 is 6.18 Å². The number of hydrogen-bond acceptors (Lipinski definition) is 6. The number of aryl methyl sites for hydroxylation is 1. The van der Waals surface area contributed by atoms with Crippen LogP contribution < -0.4 is 15.4 Å². The van der Waals surface area contributed by atoms with Gasteiger partial charge in [0.25, 0.3) is 0 Å². The SMILES string of the molecule is Cn1nc(C2CCC(=O)NC2=O)c2ccc(NC(=O)CN3CCC4(CC3)CC(Oc3cccc(Br)c3C(F)(F)F)C4)cc21. The highest BCUT2D eigenvalue weighted by Gasteiger charge is 2.48. The number of ether oxygens (including phenoxy) is 1. The third-order valence-corrected chi connectivity index (χ3v) is 9.55. The molecular formula is C30H31BrF3N5O4. The van der Waals surface area contributed by atoms with Crippen molar-refractivity contribution in [2.24, 2.45) is 12.5 Å². The van der Waals surface area contributed by atoms with Crippen LogP contribution in [-0.2, 0) is 27.6 Å². The third kappa shape index (κ3) is 6.01. The second-order valence-electron chi connectivity index (χ2n) is 11.8. The highest BCUT2D eigenvalue weighted by molar-refractivity contribution is 9.10. The molecule has 0 bridgehead atoms. The Morgan fingerprint density at radius 1 is 1.19 bits per heavy atom. The maximum absolute atomic E-state index is 13.5. The van der Waals surface area contributed by atoms with Gasteiger partial charge in [-0.1, -0.05) is 22.0 Å². The molecule has 3 amide bonds. The number of hydrogen-bond donors (Lipinski definition) is 2. The maximum atomic E-state index is 13.5. The van der Waals surface area contributed by atoms with E-state index in [9.17, 15) is 27.6 Å². The summed E-state index contributed by atoms with van der Waals surface area (Å²) in [4.78, 5) is 38.9. The molecule has 9 nitrogen and oxygen atoms in total. The normalized spacial score (nSPS) is 21.1. The summed E-state index contributed by atoms with van der Waals surface area (Å²) < 4.78 is 48.0. The summed E-state index contributed by atoms with van der Waals surface area (Å²) in [6.07, 6.45) is -0.991. The first-order valence-electron chi connectivity index (χ1n) is 14.3. The van der Waals surface area contributed by atoms with Crippen LogP contribution in [0, 0.1) is 5.41 Å². The van der Waals surface area contributed by atoms with Crippen molar-refractivity contribution in [2.75, 3.05) is 25.0 Å². The molecule has 1 saturated carbocycles. The van der Waals surface area contributed by atoms with Crippen molar-refractivity contribution in [2.45, 2.75) is 56.7 Å². The second kappa shape index (κ2) is 11.2. The molecule has 0 radical (unpaired) electrons. The zero-order valence-corrected chi connectivity index (χ0v) is 25.1. The molecule has 3 aliphatic rings. The first kappa shape index (κ1) is 29.6. The lowest BCUT2D eigenvalue weighted by Crippen LogP contribution is -2.51. The lowest BCUT2D eigenvalue weighted by molar-refractivity contribution is -0.141. The number of likely N-dealkylation sites (tertiary alicyclic amines) is 1. The van der Waals surface area contributed by atoms with Gasteiger partial charge < -0.3 is 10.1 Å². The second-order valence-corrected chi connectivity index (χ2v) is 12.7. The van der Waals surface area contributed by atoms with Crippen LogP contribution in [0.4, 0.5) is 18.9 Å². The van der Waals surface area contributed by atoms with Gasteiger partial charge in [0.15, 0.2) is 0 Å². The number of alkyl halides is 3. The number of nitrogens with one attached hydrogen (secondary N) is 2. The van der Waals surface area contributed by atoms with E-state index in [1.54, 1.807) is 23.9 Å². The number of piperidine rings is 2. The molecule has 228 valence electrons. The van der Waals surface area contributed by atoms with Crippen molar-refractivity contribution in [1.29, 1.82) is 0 Å². The number of anilines is 1. The van der Waals surface area contributed by atoms with Crippen molar-refractivity contribution in [3.63, 3.8) is 0 Å². The monoisotopic (exact) mass is 661 g/mol. The summed E-state index contributed by atoms with van der Waals surface area (Å²) in [5.41, 5.74) is 1.25. The fourth-order valence-corrected chi connectivity index (χ4v) is 7.19. The van der Waals surface area contributed by atoms with Crippen LogP contribution in [0.3, 0.4) is 0 Å². The number of carbonyl (C=O) groups is 3. The van der Waals surface area contributed by atoms with Crippen LogP contribution in [0.25, 0.3) is 10.9 Å². The molecule has 13 heteroatoms. The zero-order chi connectivity index (χ0) is 30.5. The Morgan fingerprint density at radius 3 is 2.63 bits per heavy atom. The standard InChI is InChI=1S/C30H31BrF3N5O4/c1-38-22-13-17(5-6-19(22)27(37-38)20-7-8-24(40)36-28(20)42)35-25(41)16-39-11-9-29(10-12-39)14-18(15-29)43-23-4-2-3-21(31)26(23)30(32,33)34/h2-6,13,18,20H,7-12,14-16H2,1H3,(H,35,41)(H,36,40,42). The number of carbonyl (C=O) groups excluding carboxylic acids is 3. The predicted octanol–water partition coefficient (Wildman–Crippen LogP) is 5.14. The van der Waals surface area contributed by atoms with Crippen molar-refractivity contribution in [3.05, 3.63) is 52.1 Å². The lowest BCUT2D eigenvalue weighted by atomic mass is 9.61. The Balaban J connectivity index is 1.01. The highest BCUT2D eigenvalue weighted by atomic mass is 79.9. The molecular weight excluding hydrogens is 631 g/mol. The summed E-state index contributed by atoms with van der Waals surface area (Å²) in [7, 11) is 1.77. The average Bonchev–Trinajstić information content (AvgIpc) is 3.23. The van der Waals surface area contributed by atoms with Crippen molar-refractivity contribution >= 4 is 50.2 Å². The van der Waals surface area contributed by atoms with Crippen LogP contribution >= 0.6 is 15.9 Å². The first-order valence-corrected chi connectivity index (χ1v) is 15.0. The minimum absolute atomic E-state index is 0.0321. The Bertz CT molecular complexity index is 1590. The molecule has 3 aromatic rings. The van der Waals surface area contributed by atoms with E-state index in [4.69, 9.17) is 4.74 Å². The molecule has 2 aromatic carbocycles. The van der Waals surface area contributed by atoms with E-state index in [0.29, 0.717) is 30.6 Å². The van der Waals surface area contributed by atoms with Crippen LogP contribution in [0.2, 0.25) is 0 Å². The van der Waals surface area contributed by atoms with Gasteiger partial charge in [-0.2, -0.15) is 18.3 Å². The largest absolute Gasteiger partial charge is 0.490 e. The third-order valence-electron chi connectivity index (χ3n) is 8.89. The summed E-state index contributed by atoms with van der Waals surface area (Å²) in [6.45, 7) is 1.68. The zero-order valence-electron chi connectivity index (χ0n) is 23.5. The fraction of sp³-hybridized carbons (Fsp3) is 0.467. The van der Waals surface area contributed by atoms with E-state index < -0.39 is 17.7 Å². The van der Waals surface area contributed by atoms with E-state index >= 15 is 0 Å². The Morgan fingerprint density at radius 2 is 1.93 bits per heavy atom. The molecule has 3 fully saturated rings. The van der Waals surface area contributed by atoms with Gasteiger partial charge in [0.2, 0.25) is 17.7 Å². The van der Waals surface area contributed by atoms with Crippen molar-refractivity contribution in [3.8, 4) is 5.75 Å². The molecule has 1 unspecified atom stereocenters. The van der Waals surface area contributed by atoms with E-state index in [2.05, 4.69) is 36.6 Å². The number of rotatable bonds is 6. The number of fused-ring (bicyclic) bond motifs is 1. The van der Waals surface area contributed by atoms with Gasteiger partial charge in [-0.05, 0) is 80.9 Å². The number of halogens is 4. The lowest BCUT2D eigenvalue weighted by Gasteiger charge is -2.51. The summed E-state index contributed by atoms with van der Waals surface area (Å²) >= 11 is 3.00. The molecule has 2 aliphatic heterocycles. The minimum Gasteiger partial charge on any atom is -0.490 e. The van der Waals surface area contributed by atoms with Gasteiger partial charge in [-0.15, -0.1) is 0 Å². The molecule has 1 atom stereocenters. The first-order chi connectivity index (χ1) is 20.4. The van der Waals surface area contributed by atoms with Crippen molar-refractivity contribution < 1.29 is 32.3 Å². The Kier molecular flexibility index (Phi) is 7.74. The molecule has 1 spiro atoms. The number of imide groups is 1. The van der Waals surface area contributed by atoms with E-state index in [1.165, 1.54) is 12.1 Å². The average molecular weight is 663 g/mol. The van der Waals surface area contributed by atoms with Crippen molar-refractivity contribution in [1.82, 2.24) is 20.0 Å². The number of benzene rings is 2. The summed E-state index contributed by atoms with van der Waals surface area (Å²) in [5, 5.41) is 10.7. The summed E-state index contributed by atoms with van der Waals surface area (Å²) in [5.74, 6) is -1.42. The van der Waals surface area contributed by atoms with Crippen LogP contribution in [0.15, 0.2) is 40.9 Å². The van der Waals surface area contributed by atoms with Gasteiger partial charge in [-0.25, -0.2) is 0 Å². The number of nitrogens with zero attached hydrogens (tertiary/aromatic N) is 3. The van der Waals surface area contributed by atoms with Gasteiger partial charge in [0.1, 0.15) is 11.3 Å². The van der Waals surface area contributed by atoms with E-state index in [-0.39, 0.29) is 52.4 Å². The van der Waals surface area contributed by atoms with Crippen LogP contribution in [-0.4, -0.2) is 58.1 Å². The smallest absolute Gasteiger partial charge is 0.421 e. The quantitative estimate of drug-likeness (QED) is 0.355. The Labute approximate surface area is 254 Å². The van der Waals surface area contributed by atoms with Gasteiger partial charge in [-0.3, -0.25) is 29.3 Å². The Hall–Kier alpha value is -3.45. The highest BCUT2D eigenvalue weighted by Crippen LogP contribution is 2.51. The fourth-order valence-electron chi connectivity index (χ4n) is 6.62. The molecule has 2 saturated heterocycles. The topological polar surface area (TPSA) is 106 Å². The molecule has 43 heavy (non-hydrogen) atoms. The predicted molar refractivity (Wildman–Crippen MR) is 155 cm³/mol. The van der Waals surface area contributed by atoms with Crippen LogP contribution in [0.1, 0.15) is 55.7 Å². The maximum Gasteiger partial charge on any atom is 0.421 e. The number of aromatic nitrogens is 2. The van der Waals surface area contributed by atoms with E-state index in [0.717, 1.165) is 36.8 Å². The van der Waals surface area contributed by atoms with E-state index in [1.807, 2.05) is 12.1 Å². The van der Waals surface area contributed by atoms with Gasteiger partial charge in [0.05, 0.1) is 29.8 Å². The van der Waals surface area contributed by atoms with Crippen LogP contribution in [0.5, 0.6) is 5.75 Å². The molecule has 1 aromatic heterocycles. The van der Waals surface area contributed by atoms with Gasteiger partial charge in [0, 0.05) is 29.0 Å².